The highest BCUT2D eigenvalue weighted by Gasteiger charge is 2.17. The van der Waals surface area contributed by atoms with Crippen LogP contribution in [0.15, 0.2) is 23.1 Å². The minimum absolute atomic E-state index is 0.0495. The third-order valence-corrected chi connectivity index (χ3v) is 4.50. The molecule has 0 saturated carbocycles. The molecule has 1 aromatic heterocycles. The van der Waals surface area contributed by atoms with Gasteiger partial charge >= 0.3 is 0 Å². The standard InChI is InChI=1S/C12H13ClN4O3S/c1-7-8(2)15-16-12(14-7)17-21(19,20)10-4-3-9(6-18)11(13)5-10/h3-5,18H,6H2,1-2H3,(H,14,16,17). The Morgan fingerprint density at radius 2 is 1.95 bits per heavy atom. The third kappa shape index (κ3) is 3.46. The molecule has 0 spiro atoms. The molecule has 0 aliphatic carbocycles. The summed E-state index contributed by atoms with van der Waals surface area (Å²) >= 11 is 5.89. The van der Waals surface area contributed by atoms with Gasteiger partial charge in [-0.15, -0.1) is 5.10 Å². The van der Waals surface area contributed by atoms with Crippen LogP contribution in [-0.2, 0) is 16.6 Å². The number of aromatic nitrogens is 3. The summed E-state index contributed by atoms with van der Waals surface area (Å²) in [5.74, 6) is -0.111. The fourth-order valence-corrected chi connectivity index (χ4v) is 2.77. The van der Waals surface area contributed by atoms with E-state index < -0.39 is 10.0 Å². The van der Waals surface area contributed by atoms with Gasteiger partial charge in [0.1, 0.15) is 0 Å². The molecule has 21 heavy (non-hydrogen) atoms. The maximum Gasteiger partial charge on any atom is 0.264 e. The molecule has 112 valence electrons. The fraction of sp³-hybridized carbons (Fsp3) is 0.250. The van der Waals surface area contributed by atoms with Crippen LogP contribution in [0, 0.1) is 13.8 Å². The summed E-state index contributed by atoms with van der Waals surface area (Å²) in [5.41, 5.74) is 1.64. The van der Waals surface area contributed by atoms with E-state index in [1.165, 1.54) is 18.2 Å². The molecule has 0 unspecified atom stereocenters. The molecule has 0 saturated heterocycles. The molecule has 0 aliphatic rings. The zero-order valence-corrected chi connectivity index (χ0v) is 12.9. The van der Waals surface area contributed by atoms with Crippen molar-refractivity contribution in [2.45, 2.75) is 25.3 Å². The molecule has 0 bridgehead atoms. The van der Waals surface area contributed by atoms with Crippen molar-refractivity contribution < 1.29 is 13.5 Å². The first-order valence-electron chi connectivity index (χ1n) is 5.93. The topological polar surface area (TPSA) is 105 Å². The van der Waals surface area contributed by atoms with Gasteiger partial charge in [-0.05, 0) is 31.5 Å². The van der Waals surface area contributed by atoms with Gasteiger partial charge in [-0.1, -0.05) is 17.7 Å². The van der Waals surface area contributed by atoms with Crippen molar-refractivity contribution >= 4 is 27.6 Å². The number of hydrogen-bond donors (Lipinski definition) is 2. The van der Waals surface area contributed by atoms with Gasteiger partial charge in [-0.2, -0.15) is 5.10 Å². The van der Waals surface area contributed by atoms with Crippen LogP contribution in [-0.4, -0.2) is 28.7 Å². The monoisotopic (exact) mass is 328 g/mol. The first-order valence-corrected chi connectivity index (χ1v) is 7.79. The Bertz CT molecular complexity index is 780. The van der Waals surface area contributed by atoms with Crippen molar-refractivity contribution in [2.24, 2.45) is 0 Å². The molecule has 0 aliphatic heterocycles. The van der Waals surface area contributed by atoms with Gasteiger partial charge < -0.3 is 5.11 Å². The Hall–Kier alpha value is -1.77. The van der Waals surface area contributed by atoms with E-state index in [9.17, 15) is 8.42 Å². The zero-order chi connectivity index (χ0) is 15.6. The van der Waals surface area contributed by atoms with Crippen molar-refractivity contribution in [2.75, 3.05) is 4.72 Å². The summed E-state index contributed by atoms with van der Waals surface area (Å²) in [4.78, 5) is 3.95. The number of aliphatic hydroxyl groups excluding tert-OH is 1. The van der Waals surface area contributed by atoms with Crippen molar-refractivity contribution in [3.63, 3.8) is 0 Å². The summed E-state index contributed by atoms with van der Waals surface area (Å²) < 4.78 is 26.7. The number of sulfonamides is 1. The number of hydrogen-bond acceptors (Lipinski definition) is 6. The first-order chi connectivity index (χ1) is 9.83. The number of anilines is 1. The lowest BCUT2D eigenvalue weighted by atomic mass is 10.2. The van der Waals surface area contributed by atoms with E-state index >= 15 is 0 Å². The summed E-state index contributed by atoms with van der Waals surface area (Å²) in [6.07, 6.45) is 0. The van der Waals surface area contributed by atoms with Crippen molar-refractivity contribution in [1.82, 2.24) is 15.2 Å². The highest BCUT2D eigenvalue weighted by molar-refractivity contribution is 7.92. The molecule has 9 heteroatoms. The Morgan fingerprint density at radius 1 is 1.24 bits per heavy atom. The molecule has 2 N–H and O–H groups in total. The quantitative estimate of drug-likeness (QED) is 0.879. The van der Waals surface area contributed by atoms with Crippen LogP contribution >= 0.6 is 11.6 Å². The summed E-state index contributed by atoms with van der Waals surface area (Å²) in [6.45, 7) is 3.16. The molecule has 1 aromatic carbocycles. The highest BCUT2D eigenvalue weighted by Crippen LogP contribution is 2.22. The Kier molecular flexibility index (Phi) is 4.40. The Labute approximate surface area is 127 Å². The Morgan fingerprint density at radius 3 is 2.52 bits per heavy atom. The van der Waals surface area contributed by atoms with E-state index in [0.29, 0.717) is 17.0 Å². The average molecular weight is 329 g/mol. The molecular weight excluding hydrogens is 316 g/mol. The van der Waals surface area contributed by atoms with Gasteiger partial charge in [-0.3, -0.25) is 0 Å². The number of nitrogens with zero attached hydrogens (tertiary/aromatic N) is 3. The molecule has 0 amide bonds. The molecule has 0 radical (unpaired) electrons. The largest absolute Gasteiger partial charge is 0.392 e. The lowest BCUT2D eigenvalue weighted by Gasteiger charge is -2.08. The number of nitrogens with one attached hydrogen (secondary N) is 1. The molecular formula is C12H13ClN4O3S. The van der Waals surface area contributed by atoms with Crippen LogP contribution in [0.25, 0.3) is 0 Å². The van der Waals surface area contributed by atoms with E-state index in [1.807, 2.05) is 0 Å². The second kappa shape index (κ2) is 5.92. The van der Waals surface area contributed by atoms with Crippen molar-refractivity contribution in [1.29, 1.82) is 0 Å². The van der Waals surface area contributed by atoms with Gasteiger partial charge in [0.2, 0.25) is 0 Å². The van der Waals surface area contributed by atoms with E-state index in [2.05, 4.69) is 19.9 Å². The normalized spacial score (nSPS) is 11.4. The van der Waals surface area contributed by atoms with Crippen LogP contribution in [0.3, 0.4) is 0 Å². The predicted molar refractivity (Wildman–Crippen MR) is 77.5 cm³/mol. The lowest BCUT2D eigenvalue weighted by Crippen LogP contribution is -2.16. The number of aliphatic hydroxyl groups is 1. The number of aryl methyl sites for hydroxylation is 2. The second-order valence-electron chi connectivity index (χ2n) is 4.32. The maximum absolute atomic E-state index is 12.2. The summed E-state index contributed by atoms with van der Waals surface area (Å²) in [5, 5.41) is 16.7. The SMILES string of the molecule is Cc1nnc(NS(=O)(=O)c2ccc(CO)c(Cl)c2)nc1C. The molecule has 0 fully saturated rings. The molecule has 2 rings (SSSR count). The molecule has 2 aromatic rings. The number of benzene rings is 1. The van der Waals surface area contributed by atoms with Crippen LogP contribution in [0.5, 0.6) is 0 Å². The maximum atomic E-state index is 12.2. The van der Waals surface area contributed by atoms with Gasteiger partial charge in [0.05, 0.1) is 22.9 Å². The summed E-state index contributed by atoms with van der Waals surface area (Å²) in [7, 11) is -3.87. The zero-order valence-electron chi connectivity index (χ0n) is 11.3. The van der Waals surface area contributed by atoms with Gasteiger partial charge in [0, 0.05) is 5.02 Å². The van der Waals surface area contributed by atoms with Crippen LogP contribution in [0.2, 0.25) is 5.02 Å². The van der Waals surface area contributed by atoms with E-state index in [-0.39, 0.29) is 22.5 Å². The predicted octanol–water partition coefficient (Wildman–Crippen LogP) is 1.43. The van der Waals surface area contributed by atoms with Crippen LogP contribution in [0.4, 0.5) is 5.95 Å². The fourth-order valence-electron chi connectivity index (χ4n) is 1.50. The average Bonchev–Trinajstić information content (AvgIpc) is 2.42. The number of halogens is 1. The highest BCUT2D eigenvalue weighted by atomic mass is 35.5. The van der Waals surface area contributed by atoms with E-state index in [4.69, 9.17) is 16.7 Å². The molecule has 7 nitrogen and oxygen atoms in total. The van der Waals surface area contributed by atoms with Crippen LogP contribution in [0.1, 0.15) is 17.0 Å². The lowest BCUT2D eigenvalue weighted by molar-refractivity contribution is 0.282. The van der Waals surface area contributed by atoms with Crippen molar-refractivity contribution in [3.05, 3.63) is 40.2 Å². The minimum atomic E-state index is -3.87. The van der Waals surface area contributed by atoms with Gasteiger partial charge in [-0.25, -0.2) is 18.1 Å². The van der Waals surface area contributed by atoms with Gasteiger partial charge in [0.15, 0.2) is 0 Å². The van der Waals surface area contributed by atoms with Crippen LogP contribution < -0.4 is 4.72 Å². The first kappa shape index (κ1) is 15.6. The molecule has 0 atom stereocenters. The Balaban J connectivity index is 2.33. The third-order valence-electron chi connectivity index (χ3n) is 2.82. The summed E-state index contributed by atoms with van der Waals surface area (Å²) in [6, 6.07) is 4.04. The molecule has 1 heterocycles. The number of rotatable bonds is 4. The second-order valence-corrected chi connectivity index (χ2v) is 6.41. The van der Waals surface area contributed by atoms with Gasteiger partial charge in [0.25, 0.3) is 16.0 Å². The smallest absolute Gasteiger partial charge is 0.264 e. The minimum Gasteiger partial charge on any atom is -0.392 e. The van der Waals surface area contributed by atoms with E-state index in [1.54, 1.807) is 13.8 Å². The van der Waals surface area contributed by atoms with Crippen molar-refractivity contribution in [3.8, 4) is 0 Å². The van der Waals surface area contributed by atoms with E-state index in [0.717, 1.165) is 0 Å².